The number of anilines is 1. The van der Waals surface area contributed by atoms with E-state index in [1.54, 1.807) is 5.32 Å². The number of hydrogen-bond donors (Lipinski definition) is 2. The van der Waals surface area contributed by atoms with E-state index < -0.39 is 17.9 Å². The summed E-state index contributed by atoms with van der Waals surface area (Å²) >= 11 is 5.33. The lowest BCUT2D eigenvalue weighted by atomic mass is 10.6. The van der Waals surface area contributed by atoms with Crippen molar-refractivity contribution in [1.82, 2.24) is 9.97 Å². The predicted octanol–water partition coefficient (Wildman–Crippen LogP) is 1.36. The van der Waals surface area contributed by atoms with Crippen LogP contribution >= 0.6 is 11.6 Å². The van der Waals surface area contributed by atoms with E-state index in [1.807, 2.05) is 0 Å². The van der Waals surface area contributed by atoms with Crippen LogP contribution in [0.4, 0.5) is 15.0 Å². The van der Waals surface area contributed by atoms with E-state index in [4.69, 9.17) is 16.7 Å². The van der Waals surface area contributed by atoms with Crippen molar-refractivity contribution < 1.29 is 14.3 Å². The van der Waals surface area contributed by atoms with Crippen molar-refractivity contribution in [3.63, 3.8) is 0 Å². The molecule has 1 aromatic rings. The van der Waals surface area contributed by atoms with Crippen molar-refractivity contribution >= 4 is 23.5 Å². The third kappa shape index (κ3) is 2.03. The number of carboxylic acid groups (broad SMARTS) is 1. The third-order valence-corrected chi connectivity index (χ3v) is 1.11. The standard InChI is InChI=1S/C5H3ClFN3O2/c6-2-1-8-3(7)4(9-2)10-5(11)12/h1H,(H,9,10)(H,11,12). The smallest absolute Gasteiger partial charge is 0.410 e. The van der Waals surface area contributed by atoms with Crippen LogP contribution < -0.4 is 5.32 Å². The van der Waals surface area contributed by atoms with Crippen LogP contribution in [0.1, 0.15) is 0 Å². The number of carbonyl (C=O) groups is 1. The highest BCUT2D eigenvalue weighted by Crippen LogP contribution is 2.11. The van der Waals surface area contributed by atoms with Gasteiger partial charge >= 0.3 is 6.09 Å². The molecule has 12 heavy (non-hydrogen) atoms. The zero-order valence-corrected chi connectivity index (χ0v) is 6.34. The first-order chi connectivity index (χ1) is 5.59. The minimum Gasteiger partial charge on any atom is -0.465 e. The Morgan fingerprint density at radius 1 is 1.75 bits per heavy atom. The average molecular weight is 192 g/mol. The summed E-state index contributed by atoms with van der Waals surface area (Å²) in [6.45, 7) is 0. The van der Waals surface area contributed by atoms with Gasteiger partial charge in [-0.1, -0.05) is 11.6 Å². The van der Waals surface area contributed by atoms with Gasteiger partial charge in [0.2, 0.25) is 0 Å². The van der Waals surface area contributed by atoms with Gasteiger partial charge in [-0.15, -0.1) is 0 Å². The van der Waals surface area contributed by atoms with Crippen molar-refractivity contribution in [1.29, 1.82) is 0 Å². The SMILES string of the molecule is O=C(O)Nc1nc(Cl)cnc1F. The molecule has 0 fully saturated rings. The normalized spacial score (nSPS) is 9.50. The molecule has 2 N–H and O–H groups in total. The Morgan fingerprint density at radius 3 is 3.00 bits per heavy atom. The van der Waals surface area contributed by atoms with Crippen LogP contribution in [0.15, 0.2) is 6.20 Å². The number of nitrogens with one attached hydrogen (secondary N) is 1. The molecular weight excluding hydrogens is 189 g/mol. The fourth-order valence-electron chi connectivity index (χ4n) is 0.534. The second-order valence-electron chi connectivity index (χ2n) is 1.76. The molecule has 64 valence electrons. The molecule has 0 radical (unpaired) electrons. The quantitative estimate of drug-likeness (QED) is 0.703. The largest absolute Gasteiger partial charge is 0.465 e. The lowest BCUT2D eigenvalue weighted by Gasteiger charge is -1.99. The fourth-order valence-corrected chi connectivity index (χ4v) is 0.667. The van der Waals surface area contributed by atoms with Crippen LogP contribution in [-0.4, -0.2) is 21.2 Å². The van der Waals surface area contributed by atoms with Gasteiger partial charge in [-0.25, -0.2) is 14.8 Å². The van der Waals surface area contributed by atoms with Gasteiger partial charge in [-0.05, 0) is 0 Å². The summed E-state index contributed by atoms with van der Waals surface area (Å²) in [5.41, 5.74) is 0. The van der Waals surface area contributed by atoms with Gasteiger partial charge in [-0.2, -0.15) is 4.39 Å². The van der Waals surface area contributed by atoms with E-state index in [1.165, 1.54) is 0 Å². The summed E-state index contributed by atoms with van der Waals surface area (Å²) in [7, 11) is 0. The second kappa shape index (κ2) is 3.31. The number of nitrogens with zero attached hydrogens (tertiary/aromatic N) is 2. The van der Waals surface area contributed by atoms with Crippen LogP contribution in [0, 0.1) is 5.95 Å². The van der Waals surface area contributed by atoms with Crippen LogP contribution in [-0.2, 0) is 0 Å². The van der Waals surface area contributed by atoms with E-state index in [0.717, 1.165) is 6.20 Å². The molecule has 1 aromatic heterocycles. The topological polar surface area (TPSA) is 75.1 Å². The van der Waals surface area contributed by atoms with Crippen LogP contribution in [0.25, 0.3) is 0 Å². The van der Waals surface area contributed by atoms with Crippen LogP contribution in [0.5, 0.6) is 0 Å². The number of rotatable bonds is 1. The molecule has 0 unspecified atom stereocenters. The lowest BCUT2D eigenvalue weighted by molar-refractivity contribution is 0.209. The molecule has 0 saturated carbocycles. The molecule has 0 spiro atoms. The highest BCUT2D eigenvalue weighted by Gasteiger charge is 2.08. The zero-order valence-electron chi connectivity index (χ0n) is 5.58. The number of halogens is 2. The molecule has 1 heterocycles. The first-order valence-electron chi connectivity index (χ1n) is 2.77. The van der Waals surface area contributed by atoms with Gasteiger partial charge in [-0.3, -0.25) is 5.32 Å². The van der Waals surface area contributed by atoms with Gasteiger partial charge in [0.15, 0.2) is 5.82 Å². The second-order valence-corrected chi connectivity index (χ2v) is 2.15. The maximum atomic E-state index is 12.6. The van der Waals surface area contributed by atoms with Crippen molar-refractivity contribution in [2.75, 3.05) is 5.32 Å². The molecule has 0 saturated heterocycles. The monoisotopic (exact) mass is 191 g/mol. The summed E-state index contributed by atoms with van der Waals surface area (Å²) in [4.78, 5) is 16.5. The Bertz CT molecular complexity index is 320. The lowest BCUT2D eigenvalue weighted by Crippen LogP contribution is -2.11. The fraction of sp³-hybridized carbons (Fsp3) is 0. The summed E-state index contributed by atoms with van der Waals surface area (Å²) in [6, 6.07) is 0. The Hall–Kier alpha value is -1.43. The highest BCUT2D eigenvalue weighted by molar-refractivity contribution is 6.29. The molecule has 0 aliphatic rings. The Labute approximate surface area is 71.2 Å². The molecule has 0 aliphatic carbocycles. The number of hydrogen-bond acceptors (Lipinski definition) is 3. The van der Waals surface area contributed by atoms with E-state index in [0.29, 0.717) is 0 Å². The van der Waals surface area contributed by atoms with E-state index in [9.17, 15) is 9.18 Å². The number of amides is 1. The van der Waals surface area contributed by atoms with Gasteiger partial charge in [0.1, 0.15) is 5.15 Å². The molecule has 1 rings (SSSR count). The van der Waals surface area contributed by atoms with Gasteiger partial charge in [0, 0.05) is 0 Å². The summed E-state index contributed by atoms with van der Waals surface area (Å²) in [5, 5.41) is 9.81. The predicted molar refractivity (Wildman–Crippen MR) is 38.6 cm³/mol. The number of aromatic nitrogens is 2. The van der Waals surface area contributed by atoms with Crippen molar-refractivity contribution in [3.8, 4) is 0 Å². The summed E-state index contributed by atoms with van der Waals surface area (Å²) in [6.07, 6.45) is -0.449. The first-order valence-corrected chi connectivity index (χ1v) is 3.15. The van der Waals surface area contributed by atoms with Crippen LogP contribution in [0.3, 0.4) is 0 Å². The highest BCUT2D eigenvalue weighted by atomic mass is 35.5. The summed E-state index contributed by atoms with van der Waals surface area (Å²) < 4.78 is 12.6. The Balaban J connectivity index is 2.97. The Morgan fingerprint density at radius 2 is 2.42 bits per heavy atom. The van der Waals surface area contributed by atoms with E-state index in [2.05, 4.69) is 9.97 Å². The van der Waals surface area contributed by atoms with E-state index in [-0.39, 0.29) is 5.15 Å². The molecule has 5 nitrogen and oxygen atoms in total. The molecular formula is C5H3ClFN3O2. The van der Waals surface area contributed by atoms with Gasteiger partial charge < -0.3 is 5.11 Å². The zero-order chi connectivity index (χ0) is 9.14. The molecule has 0 atom stereocenters. The maximum absolute atomic E-state index is 12.6. The minimum atomic E-state index is -1.43. The van der Waals surface area contributed by atoms with E-state index >= 15 is 0 Å². The van der Waals surface area contributed by atoms with Crippen molar-refractivity contribution in [2.24, 2.45) is 0 Å². The van der Waals surface area contributed by atoms with Crippen molar-refractivity contribution in [2.45, 2.75) is 0 Å². The molecule has 1 amide bonds. The molecule has 0 bridgehead atoms. The minimum absolute atomic E-state index is 0.0832. The Kier molecular flexibility index (Phi) is 2.39. The summed E-state index contributed by atoms with van der Waals surface area (Å²) in [5.74, 6) is -1.52. The van der Waals surface area contributed by atoms with Gasteiger partial charge in [0.25, 0.3) is 5.95 Å². The maximum Gasteiger partial charge on any atom is 0.410 e. The average Bonchev–Trinajstić information content (AvgIpc) is 1.96. The van der Waals surface area contributed by atoms with Crippen LogP contribution in [0.2, 0.25) is 5.15 Å². The molecule has 0 aliphatic heterocycles. The van der Waals surface area contributed by atoms with Crippen molar-refractivity contribution in [3.05, 3.63) is 17.3 Å². The third-order valence-electron chi connectivity index (χ3n) is 0.924. The molecule has 0 aromatic carbocycles. The molecule has 7 heteroatoms. The van der Waals surface area contributed by atoms with Gasteiger partial charge in [0.05, 0.1) is 6.20 Å². The first kappa shape index (κ1) is 8.66.